The molecule has 2 amide bonds. The summed E-state index contributed by atoms with van der Waals surface area (Å²) in [6.07, 6.45) is 0.405. The second kappa shape index (κ2) is 12.9. The smallest absolute Gasteiger partial charge is 0.261 e. The number of nitrogens with zero attached hydrogens (tertiary/aromatic N) is 1. The number of carbonyl (C=O) groups excluding carboxylic acids is 2. The first kappa shape index (κ1) is 28.5. The second-order valence-corrected chi connectivity index (χ2v) is 11.5. The Balaban J connectivity index is 1.87. The Morgan fingerprint density at radius 2 is 1.51 bits per heavy atom. The summed E-state index contributed by atoms with van der Waals surface area (Å²) in [5.74, 6) is 0.192. The fraction of sp³-hybridized carbons (Fsp3) is 0.355. The molecule has 0 aliphatic heterocycles. The first-order valence-electron chi connectivity index (χ1n) is 12.6. The van der Waals surface area contributed by atoms with Gasteiger partial charge >= 0.3 is 0 Å². The summed E-state index contributed by atoms with van der Waals surface area (Å²) in [6, 6.07) is 24.6. The zero-order chi connectivity index (χ0) is 27.0. The van der Waals surface area contributed by atoms with Gasteiger partial charge in [-0.3, -0.25) is 9.59 Å². The molecule has 0 saturated carbocycles. The van der Waals surface area contributed by atoms with E-state index in [1.807, 2.05) is 92.7 Å². The zero-order valence-electron chi connectivity index (χ0n) is 22.3. The summed E-state index contributed by atoms with van der Waals surface area (Å²) in [5, 5.41) is 3.01. The highest BCUT2D eigenvalue weighted by molar-refractivity contribution is 9.10. The number of carbonyl (C=O) groups is 2. The highest BCUT2D eigenvalue weighted by Crippen LogP contribution is 2.24. The molecule has 1 atom stereocenters. The van der Waals surface area contributed by atoms with E-state index in [4.69, 9.17) is 4.74 Å². The fourth-order valence-electron chi connectivity index (χ4n) is 4.00. The lowest BCUT2D eigenvalue weighted by atomic mass is 9.87. The number of halogens is 1. The number of nitrogens with one attached hydrogen (secondary N) is 1. The van der Waals surface area contributed by atoms with E-state index in [0.29, 0.717) is 18.7 Å². The molecular formula is C31H37BrN2O3. The van der Waals surface area contributed by atoms with Gasteiger partial charge in [-0.25, -0.2) is 0 Å². The first-order valence-corrected chi connectivity index (χ1v) is 13.4. The minimum absolute atomic E-state index is 0.0320. The van der Waals surface area contributed by atoms with Gasteiger partial charge in [-0.1, -0.05) is 91.3 Å². The largest absolute Gasteiger partial charge is 0.484 e. The Morgan fingerprint density at radius 3 is 2.08 bits per heavy atom. The van der Waals surface area contributed by atoms with Crippen LogP contribution in [0.3, 0.4) is 0 Å². The first-order chi connectivity index (χ1) is 17.5. The highest BCUT2D eigenvalue weighted by atomic mass is 79.9. The molecule has 0 heterocycles. The summed E-state index contributed by atoms with van der Waals surface area (Å²) in [6.45, 7) is 10.4. The molecule has 0 radical (unpaired) electrons. The van der Waals surface area contributed by atoms with Crippen LogP contribution < -0.4 is 10.1 Å². The Hall–Kier alpha value is -3.12. The van der Waals surface area contributed by atoms with Crippen LogP contribution in [0.5, 0.6) is 5.75 Å². The average molecular weight is 566 g/mol. The molecule has 5 nitrogen and oxygen atoms in total. The molecule has 196 valence electrons. The molecule has 0 unspecified atom stereocenters. The molecule has 3 rings (SSSR count). The highest BCUT2D eigenvalue weighted by Gasteiger charge is 2.31. The van der Waals surface area contributed by atoms with Gasteiger partial charge in [-0.2, -0.15) is 0 Å². The minimum Gasteiger partial charge on any atom is -0.484 e. The van der Waals surface area contributed by atoms with Crippen molar-refractivity contribution in [2.45, 2.75) is 65.1 Å². The molecule has 0 saturated heterocycles. The molecule has 37 heavy (non-hydrogen) atoms. The van der Waals surface area contributed by atoms with Crippen LogP contribution in [0.25, 0.3) is 0 Å². The molecule has 6 heteroatoms. The van der Waals surface area contributed by atoms with Gasteiger partial charge in [0.05, 0.1) is 0 Å². The topological polar surface area (TPSA) is 58.6 Å². The van der Waals surface area contributed by atoms with Crippen molar-refractivity contribution >= 4 is 27.7 Å². The van der Waals surface area contributed by atoms with Crippen molar-refractivity contribution in [2.75, 3.05) is 6.61 Å². The number of rotatable bonds is 10. The van der Waals surface area contributed by atoms with Crippen molar-refractivity contribution in [1.82, 2.24) is 10.2 Å². The van der Waals surface area contributed by atoms with Gasteiger partial charge in [0.2, 0.25) is 5.91 Å². The van der Waals surface area contributed by atoms with Crippen molar-refractivity contribution in [3.63, 3.8) is 0 Å². The third-order valence-corrected chi connectivity index (χ3v) is 6.58. The Morgan fingerprint density at radius 1 is 0.892 bits per heavy atom. The van der Waals surface area contributed by atoms with Gasteiger partial charge in [0.15, 0.2) is 6.61 Å². The average Bonchev–Trinajstić information content (AvgIpc) is 2.85. The number of benzene rings is 3. The molecule has 0 aromatic heterocycles. The lowest BCUT2D eigenvalue weighted by Gasteiger charge is -2.32. The van der Waals surface area contributed by atoms with E-state index in [0.717, 1.165) is 15.6 Å². The van der Waals surface area contributed by atoms with Crippen LogP contribution in [0.4, 0.5) is 0 Å². The Kier molecular flexibility index (Phi) is 9.93. The standard InChI is InChI=1S/C31H37BrN2O3/c1-22(2)33-30(36)28(19-23-9-7-6-8-10-23)34(20-24-11-15-26(32)16-12-24)29(35)21-37-27-17-13-25(14-18-27)31(3,4)5/h6-18,22,28H,19-21H2,1-5H3,(H,33,36)/t28-/m0/s1. The fourth-order valence-corrected chi connectivity index (χ4v) is 4.26. The van der Waals surface area contributed by atoms with E-state index in [9.17, 15) is 9.59 Å². The van der Waals surface area contributed by atoms with Crippen LogP contribution in [0.2, 0.25) is 0 Å². The maximum Gasteiger partial charge on any atom is 0.261 e. The number of amides is 2. The van der Waals surface area contributed by atoms with Crippen molar-refractivity contribution < 1.29 is 14.3 Å². The van der Waals surface area contributed by atoms with Crippen LogP contribution in [0, 0.1) is 0 Å². The summed E-state index contributed by atoms with van der Waals surface area (Å²) < 4.78 is 6.86. The number of hydrogen-bond acceptors (Lipinski definition) is 3. The van der Waals surface area contributed by atoms with Crippen LogP contribution in [0.15, 0.2) is 83.3 Å². The Labute approximate surface area is 229 Å². The predicted molar refractivity (Wildman–Crippen MR) is 153 cm³/mol. The SMILES string of the molecule is CC(C)NC(=O)[C@H](Cc1ccccc1)N(Cc1ccc(Br)cc1)C(=O)COc1ccc(C(C)(C)C)cc1. The van der Waals surface area contributed by atoms with E-state index >= 15 is 0 Å². The quantitative estimate of drug-likeness (QED) is 0.315. The maximum absolute atomic E-state index is 13.6. The molecule has 3 aromatic rings. The lowest BCUT2D eigenvalue weighted by molar-refractivity contribution is -0.143. The maximum atomic E-state index is 13.6. The van der Waals surface area contributed by atoms with Gasteiger partial charge in [-0.05, 0) is 60.2 Å². The predicted octanol–water partition coefficient (Wildman–Crippen LogP) is 6.29. The van der Waals surface area contributed by atoms with E-state index in [1.165, 1.54) is 5.56 Å². The molecule has 3 aromatic carbocycles. The molecular weight excluding hydrogens is 528 g/mol. The summed E-state index contributed by atoms with van der Waals surface area (Å²) in [4.78, 5) is 28.7. The molecule has 1 N–H and O–H groups in total. The van der Waals surface area contributed by atoms with Crippen molar-refractivity contribution in [2.24, 2.45) is 0 Å². The van der Waals surface area contributed by atoms with Crippen molar-refractivity contribution in [3.05, 3.63) is 100 Å². The van der Waals surface area contributed by atoms with E-state index in [1.54, 1.807) is 4.90 Å². The Bertz CT molecular complexity index is 1150. The number of hydrogen-bond donors (Lipinski definition) is 1. The summed E-state index contributed by atoms with van der Waals surface area (Å²) in [5.41, 5.74) is 3.14. The van der Waals surface area contributed by atoms with E-state index < -0.39 is 6.04 Å². The number of ether oxygens (including phenoxy) is 1. The van der Waals surface area contributed by atoms with E-state index in [-0.39, 0.29) is 29.9 Å². The summed E-state index contributed by atoms with van der Waals surface area (Å²) in [7, 11) is 0. The molecule has 0 aliphatic rings. The lowest BCUT2D eigenvalue weighted by Crippen LogP contribution is -2.52. The van der Waals surface area contributed by atoms with Crippen molar-refractivity contribution in [1.29, 1.82) is 0 Å². The van der Waals surface area contributed by atoms with Gasteiger partial charge in [-0.15, -0.1) is 0 Å². The van der Waals surface area contributed by atoms with Crippen molar-refractivity contribution in [3.8, 4) is 5.75 Å². The second-order valence-electron chi connectivity index (χ2n) is 10.6. The van der Waals surface area contributed by atoms with Crippen LogP contribution in [0.1, 0.15) is 51.3 Å². The normalized spacial score (nSPS) is 12.2. The van der Waals surface area contributed by atoms with Gasteiger partial charge in [0.1, 0.15) is 11.8 Å². The van der Waals surface area contributed by atoms with Gasteiger partial charge in [0.25, 0.3) is 5.91 Å². The third-order valence-electron chi connectivity index (χ3n) is 6.05. The summed E-state index contributed by atoms with van der Waals surface area (Å²) >= 11 is 3.47. The monoisotopic (exact) mass is 564 g/mol. The molecule has 0 spiro atoms. The molecule has 0 fully saturated rings. The third kappa shape index (κ3) is 8.74. The zero-order valence-corrected chi connectivity index (χ0v) is 23.9. The van der Waals surface area contributed by atoms with Crippen LogP contribution in [-0.4, -0.2) is 35.4 Å². The minimum atomic E-state index is -0.687. The molecule has 0 bridgehead atoms. The van der Waals surface area contributed by atoms with Crippen LogP contribution >= 0.6 is 15.9 Å². The molecule has 0 aliphatic carbocycles. The van der Waals surface area contributed by atoms with Gasteiger partial charge < -0.3 is 15.0 Å². The van der Waals surface area contributed by atoms with Gasteiger partial charge in [0, 0.05) is 23.5 Å². The van der Waals surface area contributed by atoms with E-state index in [2.05, 4.69) is 42.0 Å². The van der Waals surface area contributed by atoms with Crippen LogP contribution in [-0.2, 0) is 28.0 Å².